The van der Waals surface area contributed by atoms with E-state index in [1.807, 2.05) is 11.9 Å². The van der Waals surface area contributed by atoms with Gasteiger partial charge < -0.3 is 4.90 Å². The van der Waals surface area contributed by atoms with Crippen molar-refractivity contribution < 1.29 is 4.79 Å². The normalized spacial score (nSPS) is 18.1. The van der Waals surface area contributed by atoms with Gasteiger partial charge in [0, 0.05) is 19.1 Å². The lowest BCUT2D eigenvalue weighted by molar-refractivity contribution is -0.141. The number of likely N-dealkylation sites (N-methyl/N-ethyl adjacent to an activating group) is 1. The maximum Gasteiger partial charge on any atom is 0.236 e. The predicted octanol–water partition coefficient (Wildman–Crippen LogP) is 1.83. The van der Waals surface area contributed by atoms with Gasteiger partial charge in [-0.25, -0.2) is 0 Å². The lowest BCUT2D eigenvalue weighted by Crippen LogP contribution is -2.56. The number of likely N-dealkylation sites (tertiary alicyclic amines) is 1. The molecule has 0 spiro atoms. The molecule has 94 valence electrons. The number of nitrogens with zero attached hydrogens (tertiary/aromatic N) is 2. The molecule has 0 unspecified atom stereocenters. The van der Waals surface area contributed by atoms with Crippen LogP contribution in [0.5, 0.6) is 0 Å². The third kappa shape index (κ3) is 3.21. The average Bonchev–Trinajstić information content (AvgIpc) is 1.97. The van der Waals surface area contributed by atoms with Gasteiger partial charge in [-0.15, -0.1) is 0 Å². The van der Waals surface area contributed by atoms with E-state index in [4.69, 9.17) is 0 Å². The van der Waals surface area contributed by atoms with E-state index in [9.17, 15) is 4.79 Å². The zero-order valence-electron chi connectivity index (χ0n) is 11.6. The van der Waals surface area contributed by atoms with Crippen LogP contribution in [0.25, 0.3) is 0 Å². The highest BCUT2D eigenvalue weighted by Gasteiger charge is 2.38. The molecule has 0 atom stereocenters. The van der Waals surface area contributed by atoms with Crippen molar-refractivity contribution >= 4 is 5.91 Å². The molecule has 0 aromatic rings. The molecule has 1 aliphatic rings. The first-order valence-electron chi connectivity index (χ1n) is 6.20. The fraction of sp³-hybridized carbons (Fsp3) is 0.923. The van der Waals surface area contributed by atoms with Crippen LogP contribution in [-0.2, 0) is 4.79 Å². The van der Waals surface area contributed by atoms with Crippen LogP contribution >= 0.6 is 0 Å². The molecule has 0 bridgehead atoms. The molecular formula is C13H26N2O. The van der Waals surface area contributed by atoms with Crippen LogP contribution in [0.3, 0.4) is 0 Å². The summed E-state index contributed by atoms with van der Waals surface area (Å²) in [6.45, 7) is 13.4. The zero-order valence-corrected chi connectivity index (χ0v) is 11.6. The smallest absolute Gasteiger partial charge is 0.236 e. The van der Waals surface area contributed by atoms with Crippen molar-refractivity contribution in [3.05, 3.63) is 0 Å². The number of hydrogen-bond donors (Lipinski definition) is 0. The summed E-state index contributed by atoms with van der Waals surface area (Å²) < 4.78 is 0. The second-order valence-corrected chi connectivity index (χ2v) is 6.37. The minimum absolute atomic E-state index is 0.275. The summed E-state index contributed by atoms with van der Waals surface area (Å²) in [6.07, 6.45) is 0. The maximum absolute atomic E-state index is 11.9. The number of rotatable bonds is 3. The van der Waals surface area contributed by atoms with E-state index in [1.165, 1.54) is 0 Å². The van der Waals surface area contributed by atoms with Gasteiger partial charge in [0.1, 0.15) is 0 Å². The molecule has 1 amide bonds. The van der Waals surface area contributed by atoms with Crippen LogP contribution in [0.1, 0.15) is 34.6 Å². The Hall–Kier alpha value is -0.570. The van der Waals surface area contributed by atoms with Crippen molar-refractivity contribution in [2.45, 2.75) is 40.7 Å². The van der Waals surface area contributed by atoms with E-state index >= 15 is 0 Å². The van der Waals surface area contributed by atoms with E-state index < -0.39 is 0 Å². The van der Waals surface area contributed by atoms with E-state index in [2.05, 4.69) is 39.5 Å². The summed E-state index contributed by atoms with van der Waals surface area (Å²) in [5, 5.41) is 0. The third-order valence-electron chi connectivity index (χ3n) is 3.73. The monoisotopic (exact) mass is 226 g/mol. The highest BCUT2D eigenvalue weighted by molar-refractivity contribution is 5.79. The highest BCUT2D eigenvalue weighted by Crippen LogP contribution is 2.33. The van der Waals surface area contributed by atoms with Gasteiger partial charge in [-0.2, -0.15) is 0 Å². The van der Waals surface area contributed by atoms with Gasteiger partial charge in [0.15, 0.2) is 0 Å². The average molecular weight is 226 g/mol. The Balaban J connectivity index is 2.33. The second kappa shape index (κ2) is 4.74. The second-order valence-electron chi connectivity index (χ2n) is 6.37. The molecule has 1 rings (SSSR count). The van der Waals surface area contributed by atoms with Crippen LogP contribution in [0, 0.1) is 11.3 Å². The molecule has 0 N–H and O–H groups in total. The summed E-state index contributed by atoms with van der Waals surface area (Å²) in [6, 6.07) is 0.434. The Bertz CT molecular complexity index is 249. The van der Waals surface area contributed by atoms with Gasteiger partial charge in [0.05, 0.1) is 6.54 Å². The number of carbonyl (C=O) groups is 1. The van der Waals surface area contributed by atoms with Crippen molar-refractivity contribution in [1.29, 1.82) is 0 Å². The first-order chi connectivity index (χ1) is 7.21. The molecule has 3 heteroatoms. The maximum atomic E-state index is 11.9. The van der Waals surface area contributed by atoms with Gasteiger partial charge >= 0.3 is 0 Å². The van der Waals surface area contributed by atoms with E-state index in [-0.39, 0.29) is 5.91 Å². The Labute approximate surface area is 99.8 Å². The molecule has 16 heavy (non-hydrogen) atoms. The van der Waals surface area contributed by atoms with Crippen LogP contribution in [0.2, 0.25) is 0 Å². The number of amides is 1. The van der Waals surface area contributed by atoms with Gasteiger partial charge in [0.2, 0.25) is 5.91 Å². The zero-order chi connectivity index (χ0) is 12.5. The van der Waals surface area contributed by atoms with Gasteiger partial charge in [-0.3, -0.25) is 9.69 Å². The molecular weight excluding hydrogens is 200 g/mol. The molecule has 1 fully saturated rings. The molecule has 0 saturated carbocycles. The fourth-order valence-electron chi connectivity index (χ4n) is 1.73. The summed E-state index contributed by atoms with van der Waals surface area (Å²) in [4.78, 5) is 16.0. The summed E-state index contributed by atoms with van der Waals surface area (Å²) in [5.41, 5.74) is 0.334. The Morgan fingerprint density at radius 1 is 1.38 bits per heavy atom. The molecule has 1 heterocycles. The van der Waals surface area contributed by atoms with Gasteiger partial charge in [0.25, 0.3) is 0 Å². The van der Waals surface area contributed by atoms with Crippen LogP contribution in [0.15, 0.2) is 0 Å². The highest BCUT2D eigenvalue weighted by atomic mass is 16.2. The van der Waals surface area contributed by atoms with E-state index in [1.54, 1.807) is 0 Å². The number of hydrogen-bond acceptors (Lipinski definition) is 2. The van der Waals surface area contributed by atoms with Gasteiger partial charge in [-0.05, 0) is 32.2 Å². The van der Waals surface area contributed by atoms with Crippen molar-refractivity contribution in [2.24, 2.45) is 11.3 Å². The lowest BCUT2D eigenvalue weighted by Gasteiger charge is -2.46. The first-order valence-corrected chi connectivity index (χ1v) is 6.20. The SMILES string of the molecule is CC(C)N(C)CC(=O)N1CC(C(C)(C)C)C1. The predicted molar refractivity (Wildman–Crippen MR) is 67.3 cm³/mol. The minimum Gasteiger partial charge on any atom is -0.341 e. The largest absolute Gasteiger partial charge is 0.341 e. The first kappa shape index (κ1) is 13.5. The molecule has 3 nitrogen and oxygen atoms in total. The Morgan fingerprint density at radius 3 is 2.25 bits per heavy atom. The van der Waals surface area contributed by atoms with Crippen molar-refractivity contribution in [3.8, 4) is 0 Å². The van der Waals surface area contributed by atoms with Crippen LogP contribution in [-0.4, -0.2) is 48.4 Å². The topological polar surface area (TPSA) is 23.6 Å². The minimum atomic E-state index is 0.275. The molecule has 0 radical (unpaired) electrons. The van der Waals surface area contributed by atoms with Crippen molar-refractivity contribution in [1.82, 2.24) is 9.80 Å². The molecule has 0 aromatic carbocycles. The molecule has 1 aliphatic heterocycles. The van der Waals surface area contributed by atoms with E-state index in [0.717, 1.165) is 13.1 Å². The third-order valence-corrected chi connectivity index (χ3v) is 3.73. The van der Waals surface area contributed by atoms with Crippen molar-refractivity contribution in [3.63, 3.8) is 0 Å². The lowest BCUT2D eigenvalue weighted by atomic mass is 9.76. The van der Waals surface area contributed by atoms with E-state index in [0.29, 0.717) is 23.9 Å². The summed E-state index contributed by atoms with van der Waals surface area (Å²) >= 11 is 0. The summed E-state index contributed by atoms with van der Waals surface area (Å²) in [7, 11) is 2.00. The fourth-order valence-corrected chi connectivity index (χ4v) is 1.73. The Morgan fingerprint density at radius 2 is 1.88 bits per heavy atom. The van der Waals surface area contributed by atoms with Gasteiger partial charge in [-0.1, -0.05) is 20.8 Å². The number of carbonyl (C=O) groups excluding carboxylic acids is 1. The van der Waals surface area contributed by atoms with Crippen LogP contribution in [0.4, 0.5) is 0 Å². The summed E-state index contributed by atoms with van der Waals surface area (Å²) in [5.74, 6) is 0.942. The molecule has 0 aromatic heterocycles. The quantitative estimate of drug-likeness (QED) is 0.733. The molecule has 1 saturated heterocycles. The van der Waals surface area contributed by atoms with Crippen molar-refractivity contribution in [2.75, 3.05) is 26.7 Å². The molecule has 0 aliphatic carbocycles. The standard InChI is InChI=1S/C13H26N2O/c1-10(2)14(6)9-12(16)15-7-11(8-15)13(3,4)5/h10-11H,7-9H2,1-6H3. The van der Waals surface area contributed by atoms with Crippen LogP contribution < -0.4 is 0 Å². The Kier molecular flexibility index (Phi) is 4.00.